The van der Waals surface area contributed by atoms with Crippen LogP contribution in [0.25, 0.3) is 11.3 Å². The zero-order chi connectivity index (χ0) is 18.7. The van der Waals surface area contributed by atoms with Crippen molar-refractivity contribution in [1.29, 1.82) is 0 Å². The Labute approximate surface area is 154 Å². The Balaban J connectivity index is 1.85. The van der Waals surface area contributed by atoms with E-state index >= 15 is 0 Å². The van der Waals surface area contributed by atoms with Gasteiger partial charge in [0.15, 0.2) is 0 Å². The largest absolute Gasteiger partial charge is 0.497 e. The zero-order valence-corrected chi connectivity index (χ0v) is 16.0. The molecule has 0 amide bonds. The Morgan fingerprint density at radius 3 is 2.62 bits per heavy atom. The standard InChI is InChI=1S/C19H26N6O/c1-19(2,3)25-13-15(10-20-11-16-12-21-24(4)22-16)18(23-25)14-7-6-8-17(9-14)26-5/h6-9,12-13,20H,10-11H2,1-5H3. The summed E-state index contributed by atoms with van der Waals surface area (Å²) in [6, 6.07) is 8.00. The summed E-state index contributed by atoms with van der Waals surface area (Å²) in [6.45, 7) is 7.79. The third kappa shape index (κ3) is 4.11. The molecular formula is C19H26N6O. The summed E-state index contributed by atoms with van der Waals surface area (Å²) in [7, 11) is 3.49. The molecular weight excluding hydrogens is 328 g/mol. The second kappa shape index (κ2) is 7.29. The molecule has 2 heterocycles. The number of hydrogen-bond acceptors (Lipinski definition) is 5. The number of hydrogen-bond donors (Lipinski definition) is 1. The van der Waals surface area contributed by atoms with Crippen LogP contribution >= 0.6 is 0 Å². The van der Waals surface area contributed by atoms with E-state index in [0.29, 0.717) is 13.1 Å². The third-order valence-corrected chi connectivity index (χ3v) is 4.09. The number of nitrogens with zero attached hydrogens (tertiary/aromatic N) is 5. The molecule has 7 nitrogen and oxygen atoms in total. The van der Waals surface area contributed by atoms with E-state index < -0.39 is 0 Å². The molecule has 0 spiro atoms. The van der Waals surface area contributed by atoms with Gasteiger partial charge in [-0.25, -0.2) is 0 Å². The smallest absolute Gasteiger partial charge is 0.119 e. The van der Waals surface area contributed by atoms with Crippen molar-refractivity contribution in [3.05, 3.63) is 47.9 Å². The van der Waals surface area contributed by atoms with E-state index in [1.54, 1.807) is 18.1 Å². The maximum absolute atomic E-state index is 5.36. The molecule has 0 radical (unpaired) electrons. The van der Waals surface area contributed by atoms with E-state index in [9.17, 15) is 0 Å². The summed E-state index contributed by atoms with van der Waals surface area (Å²) in [4.78, 5) is 1.57. The Kier molecular flexibility index (Phi) is 5.08. The van der Waals surface area contributed by atoms with Crippen molar-refractivity contribution in [2.75, 3.05) is 7.11 Å². The second-order valence-electron chi connectivity index (χ2n) is 7.28. The molecule has 138 valence electrons. The van der Waals surface area contributed by atoms with Crippen molar-refractivity contribution in [2.24, 2.45) is 7.05 Å². The lowest BCUT2D eigenvalue weighted by Crippen LogP contribution is -2.22. The fourth-order valence-corrected chi connectivity index (χ4v) is 2.69. The van der Waals surface area contributed by atoms with Gasteiger partial charge in [-0.15, -0.1) is 0 Å². The highest BCUT2D eigenvalue weighted by Crippen LogP contribution is 2.28. The molecule has 2 aromatic heterocycles. The third-order valence-electron chi connectivity index (χ3n) is 4.09. The van der Waals surface area contributed by atoms with Crippen molar-refractivity contribution in [2.45, 2.75) is 39.4 Å². The van der Waals surface area contributed by atoms with Crippen molar-refractivity contribution in [1.82, 2.24) is 30.1 Å². The summed E-state index contributed by atoms with van der Waals surface area (Å²) in [5.74, 6) is 0.825. The summed E-state index contributed by atoms with van der Waals surface area (Å²) in [5, 5.41) is 16.7. The van der Waals surface area contributed by atoms with Crippen LogP contribution in [-0.2, 0) is 25.7 Å². The number of ether oxygens (including phenoxy) is 1. The lowest BCUT2D eigenvalue weighted by atomic mass is 10.1. The monoisotopic (exact) mass is 354 g/mol. The molecule has 0 aliphatic carbocycles. The average Bonchev–Trinajstić information content (AvgIpc) is 3.21. The Bertz CT molecular complexity index is 874. The predicted octanol–water partition coefficient (Wildman–Crippen LogP) is 2.73. The summed E-state index contributed by atoms with van der Waals surface area (Å²) < 4.78 is 7.38. The Morgan fingerprint density at radius 1 is 1.15 bits per heavy atom. The van der Waals surface area contributed by atoms with Crippen LogP contribution in [0.3, 0.4) is 0 Å². The minimum atomic E-state index is -0.0865. The zero-order valence-electron chi connectivity index (χ0n) is 16.0. The van der Waals surface area contributed by atoms with Gasteiger partial charge in [-0.3, -0.25) is 4.68 Å². The van der Waals surface area contributed by atoms with Gasteiger partial charge in [-0.1, -0.05) is 12.1 Å². The van der Waals surface area contributed by atoms with E-state index in [1.807, 2.05) is 29.9 Å². The van der Waals surface area contributed by atoms with Crippen LogP contribution in [0.1, 0.15) is 32.0 Å². The molecule has 26 heavy (non-hydrogen) atoms. The molecule has 1 aromatic carbocycles. The van der Waals surface area contributed by atoms with E-state index in [0.717, 1.165) is 28.3 Å². The fraction of sp³-hybridized carbons (Fsp3) is 0.421. The number of aryl methyl sites for hydroxylation is 1. The van der Waals surface area contributed by atoms with Gasteiger partial charge in [-0.2, -0.15) is 20.1 Å². The lowest BCUT2D eigenvalue weighted by molar-refractivity contribution is 0.356. The Hall–Kier alpha value is -2.67. The topological polar surface area (TPSA) is 69.8 Å². The van der Waals surface area contributed by atoms with Gasteiger partial charge in [0.2, 0.25) is 0 Å². The minimum Gasteiger partial charge on any atom is -0.497 e. The summed E-state index contributed by atoms with van der Waals surface area (Å²) in [6.07, 6.45) is 3.88. The highest BCUT2D eigenvalue weighted by Gasteiger charge is 2.19. The van der Waals surface area contributed by atoms with Crippen molar-refractivity contribution in [3.63, 3.8) is 0 Å². The Morgan fingerprint density at radius 2 is 1.96 bits per heavy atom. The molecule has 0 atom stereocenters. The summed E-state index contributed by atoms with van der Waals surface area (Å²) >= 11 is 0. The van der Waals surface area contributed by atoms with Crippen LogP contribution in [0.4, 0.5) is 0 Å². The molecule has 0 aliphatic heterocycles. The molecule has 7 heteroatoms. The van der Waals surface area contributed by atoms with Gasteiger partial charge in [-0.05, 0) is 32.9 Å². The van der Waals surface area contributed by atoms with Gasteiger partial charge >= 0.3 is 0 Å². The number of benzene rings is 1. The van der Waals surface area contributed by atoms with Crippen LogP contribution in [0.5, 0.6) is 5.75 Å². The second-order valence-corrected chi connectivity index (χ2v) is 7.28. The maximum Gasteiger partial charge on any atom is 0.119 e. The first kappa shape index (κ1) is 18.1. The van der Waals surface area contributed by atoms with Crippen molar-refractivity contribution in [3.8, 4) is 17.0 Å². The van der Waals surface area contributed by atoms with Crippen LogP contribution in [0.15, 0.2) is 36.7 Å². The van der Waals surface area contributed by atoms with Gasteiger partial charge in [0.05, 0.1) is 30.2 Å². The lowest BCUT2D eigenvalue weighted by Gasteiger charge is -2.18. The van der Waals surface area contributed by atoms with Gasteiger partial charge in [0.25, 0.3) is 0 Å². The number of rotatable bonds is 6. The van der Waals surface area contributed by atoms with Crippen molar-refractivity contribution >= 4 is 0 Å². The van der Waals surface area contributed by atoms with Gasteiger partial charge in [0, 0.05) is 37.5 Å². The normalized spacial score (nSPS) is 11.7. The van der Waals surface area contributed by atoms with Crippen LogP contribution in [0, 0.1) is 0 Å². The molecule has 0 saturated heterocycles. The molecule has 0 fully saturated rings. The molecule has 0 aliphatic rings. The molecule has 0 bridgehead atoms. The number of aromatic nitrogens is 5. The van der Waals surface area contributed by atoms with E-state index in [1.165, 1.54) is 0 Å². The molecule has 3 aromatic rings. The van der Waals surface area contributed by atoms with E-state index in [2.05, 4.69) is 48.5 Å². The number of methoxy groups -OCH3 is 1. The minimum absolute atomic E-state index is 0.0865. The first-order valence-corrected chi connectivity index (χ1v) is 8.66. The highest BCUT2D eigenvalue weighted by molar-refractivity contribution is 5.64. The van der Waals surface area contributed by atoms with Crippen LogP contribution < -0.4 is 10.1 Å². The molecule has 0 unspecified atom stereocenters. The molecule has 1 N–H and O–H groups in total. The average molecular weight is 354 g/mol. The molecule has 3 rings (SSSR count). The van der Waals surface area contributed by atoms with Crippen molar-refractivity contribution < 1.29 is 4.74 Å². The van der Waals surface area contributed by atoms with E-state index in [-0.39, 0.29) is 5.54 Å². The highest BCUT2D eigenvalue weighted by atomic mass is 16.5. The molecule has 0 saturated carbocycles. The van der Waals surface area contributed by atoms with Gasteiger partial charge in [0.1, 0.15) is 5.75 Å². The van der Waals surface area contributed by atoms with Crippen LogP contribution in [0.2, 0.25) is 0 Å². The maximum atomic E-state index is 5.36. The van der Waals surface area contributed by atoms with Crippen LogP contribution in [-0.4, -0.2) is 31.9 Å². The van der Waals surface area contributed by atoms with Gasteiger partial charge < -0.3 is 10.1 Å². The number of nitrogens with one attached hydrogen (secondary N) is 1. The quantitative estimate of drug-likeness (QED) is 0.737. The predicted molar refractivity (Wildman–Crippen MR) is 101 cm³/mol. The van der Waals surface area contributed by atoms with E-state index in [4.69, 9.17) is 9.84 Å². The first-order chi connectivity index (χ1) is 12.4. The SMILES string of the molecule is COc1cccc(-c2nn(C(C)(C)C)cc2CNCc2cnn(C)n2)c1. The first-order valence-electron chi connectivity index (χ1n) is 8.66. The summed E-state index contributed by atoms with van der Waals surface area (Å²) in [5.41, 5.74) is 3.97. The fourth-order valence-electron chi connectivity index (χ4n) is 2.69.